The van der Waals surface area contributed by atoms with E-state index in [0.29, 0.717) is 12.8 Å². The third kappa shape index (κ3) is 30.1. The van der Waals surface area contributed by atoms with Gasteiger partial charge in [0.25, 0.3) is 0 Å². The van der Waals surface area contributed by atoms with E-state index in [-0.39, 0.29) is 18.8 Å². The summed E-state index contributed by atoms with van der Waals surface area (Å²) in [5, 5.41) is 34.8. The maximum atomic E-state index is 10.3. The first-order valence-corrected chi connectivity index (χ1v) is 10.8. The van der Waals surface area contributed by atoms with Gasteiger partial charge in [0, 0.05) is 13.0 Å². The Kier molecular flexibility index (Phi) is 24.2. The number of aliphatic hydroxyl groups excluding tert-OH is 3. The third-order valence-corrected chi connectivity index (χ3v) is 4.27. The largest absolute Gasteiger partial charge is 0.481 e. The molecule has 27 heavy (non-hydrogen) atoms. The fraction of sp³-hybridized carbons (Fsp3) is 0.864. The maximum Gasteiger partial charge on any atom is 0.303 e. The summed E-state index contributed by atoms with van der Waals surface area (Å²) in [6, 6.07) is 0. The van der Waals surface area contributed by atoms with E-state index in [1.165, 1.54) is 25.7 Å². The lowest BCUT2D eigenvalue weighted by Gasteiger charge is -2.07. The van der Waals surface area contributed by atoms with E-state index in [1.807, 2.05) is 0 Å². The molecule has 0 heterocycles. The van der Waals surface area contributed by atoms with E-state index in [9.17, 15) is 9.90 Å². The zero-order chi connectivity index (χ0) is 20.8. The Morgan fingerprint density at radius 1 is 0.889 bits per heavy atom. The number of allylic oxidation sites excluding steroid dienone is 1. The molecule has 0 aromatic carbocycles. The van der Waals surface area contributed by atoms with E-state index in [4.69, 9.17) is 15.3 Å². The SMILES string of the molecule is CC(O)CCO.CCCCCC[C@@H](O)CC=CCCCCCCCC(=O)O. The molecular formula is C22H44O5. The zero-order valence-corrected chi connectivity index (χ0v) is 17.6. The molecule has 0 saturated heterocycles. The number of rotatable bonds is 17. The van der Waals surface area contributed by atoms with Crippen molar-refractivity contribution in [3.8, 4) is 0 Å². The van der Waals surface area contributed by atoms with Gasteiger partial charge < -0.3 is 20.4 Å². The molecule has 0 saturated carbocycles. The minimum Gasteiger partial charge on any atom is -0.481 e. The number of carbonyl (C=O) groups is 1. The average molecular weight is 389 g/mol. The number of hydrogen-bond acceptors (Lipinski definition) is 4. The highest BCUT2D eigenvalue weighted by molar-refractivity contribution is 5.66. The molecule has 0 amide bonds. The van der Waals surface area contributed by atoms with Crippen LogP contribution in [0.1, 0.15) is 104 Å². The molecule has 2 atom stereocenters. The lowest BCUT2D eigenvalue weighted by atomic mass is 10.1. The van der Waals surface area contributed by atoms with Crippen LogP contribution >= 0.6 is 0 Å². The predicted octanol–water partition coefficient (Wildman–Crippen LogP) is 4.83. The fourth-order valence-corrected chi connectivity index (χ4v) is 2.55. The molecule has 0 aromatic heterocycles. The van der Waals surface area contributed by atoms with Crippen molar-refractivity contribution in [3.63, 3.8) is 0 Å². The highest BCUT2D eigenvalue weighted by Gasteiger charge is 2.00. The summed E-state index contributed by atoms with van der Waals surface area (Å²) >= 11 is 0. The number of hydrogen-bond donors (Lipinski definition) is 4. The molecule has 0 rings (SSSR count). The molecule has 162 valence electrons. The Morgan fingerprint density at radius 2 is 1.52 bits per heavy atom. The van der Waals surface area contributed by atoms with Gasteiger partial charge in [-0.25, -0.2) is 0 Å². The summed E-state index contributed by atoms with van der Waals surface area (Å²) in [4.78, 5) is 10.3. The number of aliphatic carboxylic acids is 1. The summed E-state index contributed by atoms with van der Waals surface area (Å²) in [5.74, 6) is -0.689. The molecular weight excluding hydrogens is 344 g/mol. The zero-order valence-electron chi connectivity index (χ0n) is 17.6. The Balaban J connectivity index is 0. The third-order valence-electron chi connectivity index (χ3n) is 4.27. The second-order valence-corrected chi connectivity index (χ2v) is 7.27. The van der Waals surface area contributed by atoms with Crippen LogP contribution in [0.25, 0.3) is 0 Å². The van der Waals surface area contributed by atoms with Crippen LogP contribution in [0.3, 0.4) is 0 Å². The first-order chi connectivity index (χ1) is 12.9. The van der Waals surface area contributed by atoms with Crippen LogP contribution in [0, 0.1) is 0 Å². The van der Waals surface area contributed by atoms with E-state index in [0.717, 1.165) is 51.4 Å². The van der Waals surface area contributed by atoms with Gasteiger partial charge in [0.05, 0.1) is 12.2 Å². The average Bonchev–Trinajstić information content (AvgIpc) is 2.60. The van der Waals surface area contributed by atoms with Gasteiger partial charge in [0.15, 0.2) is 0 Å². The normalized spacial score (nSPS) is 13.2. The summed E-state index contributed by atoms with van der Waals surface area (Å²) in [5.41, 5.74) is 0. The highest BCUT2D eigenvalue weighted by atomic mass is 16.4. The molecule has 0 fully saturated rings. The quantitative estimate of drug-likeness (QED) is 0.211. The van der Waals surface area contributed by atoms with Gasteiger partial charge in [0.2, 0.25) is 0 Å². The van der Waals surface area contributed by atoms with Crippen molar-refractivity contribution >= 4 is 5.97 Å². The van der Waals surface area contributed by atoms with Gasteiger partial charge in [-0.15, -0.1) is 0 Å². The molecule has 0 aliphatic heterocycles. The molecule has 1 unspecified atom stereocenters. The number of unbranched alkanes of at least 4 members (excludes halogenated alkanes) is 8. The summed E-state index contributed by atoms with van der Waals surface area (Å²) in [6.45, 7) is 3.93. The van der Waals surface area contributed by atoms with E-state index < -0.39 is 5.97 Å². The molecule has 5 nitrogen and oxygen atoms in total. The predicted molar refractivity (Wildman–Crippen MR) is 112 cm³/mol. The Hall–Kier alpha value is -0.910. The van der Waals surface area contributed by atoms with Crippen LogP contribution in [0.2, 0.25) is 0 Å². The fourth-order valence-electron chi connectivity index (χ4n) is 2.55. The summed E-state index contributed by atoms with van der Waals surface area (Å²) in [6.07, 6.45) is 17.5. The highest BCUT2D eigenvalue weighted by Crippen LogP contribution is 2.10. The van der Waals surface area contributed by atoms with Crippen molar-refractivity contribution in [2.45, 2.75) is 116 Å². The first kappa shape index (κ1) is 28.3. The van der Waals surface area contributed by atoms with Gasteiger partial charge in [-0.3, -0.25) is 4.79 Å². The summed E-state index contributed by atoms with van der Waals surface area (Å²) < 4.78 is 0. The van der Waals surface area contributed by atoms with Gasteiger partial charge in [0.1, 0.15) is 0 Å². The maximum absolute atomic E-state index is 10.3. The summed E-state index contributed by atoms with van der Waals surface area (Å²) in [7, 11) is 0. The van der Waals surface area contributed by atoms with Crippen molar-refractivity contribution < 1.29 is 25.2 Å². The molecule has 0 aliphatic carbocycles. The lowest BCUT2D eigenvalue weighted by molar-refractivity contribution is -0.137. The topological polar surface area (TPSA) is 98.0 Å². The molecule has 0 spiro atoms. The number of aliphatic hydroxyl groups is 3. The van der Waals surface area contributed by atoms with Crippen LogP contribution in [-0.2, 0) is 4.79 Å². The smallest absolute Gasteiger partial charge is 0.303 e. The van der Waals surface area contributed by atoms with Crippen molar-refractivity contribution in [1.82, 2.24) is 0 Å². The van der Waals surface area contributed by atoms with Crippen LogP contribution in [0.15, 0.2) is 12.2 Å². The van der Waals surface area contributed by atoms with Crippen LogP contribution < -0.4 is 0 Å². The van der Waals surface area contributed by atoms with E-state index in [1.54, 1.807) is 6.92 Å². The van der Waals surface area contributed by atoms with Gasteiger partial charge in [-0.2, -0.15) is 0 Å². The molecule has 0 aromatic rings. The standard InChI is InChI=1S/C18H34O3.C4H10O2/c1-2-3-4-11-14-17(19)15-12-9-7-5-6-8-10-13-16-18(20)21;1-4(6)2-3-5/h9,12,17,19H,2-8,10-11,13-16H2,1H3,(H,20,21);4-6H,2-3H2,1H3/t17-;/m1./s1. The first-order valence-electron chi connectivity index (χ1n) is 10.8. The van der Waals surface area contributed by atoms with Gasteiger partial charge >= 0.3 is 5.97 Å². The Morgan fingerprint density at radius 3 is 2.07 bits per heavy atom. The van der Waals surface area contributed by atoms with Crippen LogP contribution in [0.4, 0.5) is 0 Å². The Bertz CT molecular complexity index is 329. The van der Waals surface area contributed by atoms with Gasteiger partial charge in [-0.05, 0) is 45.4 Å². The van der Waals surface area contributed by atoms with E-state index in [2.05, 4.69) is 19.1 Å². The van der Waals surface area contributed by atoms with E-state index >= 15 is 0 Å². The molecule has 0 aliphatic rings. The number of carboxylic acid groups (broad SMARTS) is 1. The minimum atomic E-state index is -0.689. The minimum absolute atomic E-state index is 0.0810. The van der Waals surface area contributed by atoms with Crippen LogP contribution in [-0.4, -0.2) is 45.2 Å². The van der Waals surface area contributed by atoms with Crippen LogP contribution in [0.5, 0.6) is 0 Å². The van der Waals surface area contributed by atoms with Crippen molar-refractivity contribution in [1.29, 1.82) is 0 Å². The number of carboxylic acids is 1. The second-order valence-electron chi connectivity index (χ2n) is 7.27. The molecule has 5 heteroatoms. The van der Waals surface area contributed by atoms with Crippen molar-refractivity contribution in [3.05, 3.63) is 12.2 Å². The molecule has 0 radical (unpaired) electrons. The van der Waals surface area contributed by atoms with Crippen molar-refractivity contribution in [2.75, 3.05) is 6.61 Å². The Labute approximate surface area is 166 Å². The molecule has 0 bridgehead atoms. The van der Waals surface area contributed by atoms with Crippen molar-refractivity contribution in [2.24, 2.45) is 0 Å². The monoisotopic (exact) mass is 388 g/mol. The lowest BCUT2D eigenvalue weighted by Crippen LogP contribution is -2.04. The molecule has 4 N–H and O–H groups in total. The van der Waals surface area contributed by atoms with Gasteiger partial charge in [-0.1, -0.05) is 64.0 Å². The second kappa shape index (κ2) is 23.1.